The molecule has 0 bridgehead atoms. The van der Waals surface area contributed by atoms with Gasteiger partial charge in [0.2, 0.25) is 5.88 Å². The molecule has 1 aromatic carbocycles. The summed E-state index contributed by atoms with van der Waals surface area (Å²) in [6, 6.07) is 3.97. The maximum absolute atomic E-state index is 13.7. The third-order valence-electron chi connectivity index (χ3n) is 2.52. The van der Waals surface area contributed by atoms with Crippen LogP contribution in [0.1, 0.15) is 0 Å². The Balaban J connectivity index is 2.49. The second-order valence-electron chi connectivity index (χ2n) is 4.56. The quantitative estimate of drug-likeness (QED) is 0.661. The molecule has 8 heteroatoms. The van der Waals surface area contributed by atoms with Crippen LogP contribution in [-0.2, 0) is 4.57 Å². The zero-order chi connectivity index (χ0) is 14.9. The standard InChI is InChI=1S/C12H14FN4O2P/c1-20(2,18)10-11(15)16-6-17-12(10)19-9-4-3-7(14)5-8(9)13/h3-6H,14H2,1-2H3,(H2,15,16,17). The number of rotatable bonds is 3. The average Bonchev–Trinajstić information content (AvgIpc) is 2.31. The highest BCUT2D eigenvalue weighted by molar-refractivity contribution is 7.70. The maximum atomic E-state index is 13.7. The van der Waals surface area contributed by atoms with Gasteiger partial charge in [-0.05, 0) is 25.5 Å². The Morgan fingerprint density at radius 1 is 1.25 bits per heavy atom. The maximum Gasteiger partial charge on any atom is 0.235 e. The highest BCUT2D eigenvalue weighted by atomic mass is 31.2. The lowest BCUT2D eigenvalue weighted by Gasteiger charge is -2.14. The normalized spacial score (nSPS) is 11.3. The molecule has 0 aliphatic heterocycles. The fourth-order valence-electron chi connectivity index (χ4n) is 1.66. The summed E-state index contributed by atoms with van der Waals surface area (Å²) < 4.78 is 31.3. The van der Waals surface area contributed by atoms with Gasteiger partial charge in [-0.25, -0.2) is 14.4 Å². The Morgan fingerprint density at radius 3 is 2.55 bits per heavy atom. The summed E-state index contributed by atoms with van der Waals surface area (Å²) in [6.45, 7) is 3.02. The van der Waals surface area contributed by atoms with Crippen LogP contribution in [-0.4, -0.2) is 23.3 Å². The number of halogens is 1. The lowest BCUT2D eigenvalue weighted by Crippen LogP contribution is -2.16. The summed E-state index contributed by atoms with van der Waals surface area (Å²) in [4.78, 5) is 7.67. The summed E-state index contributed by atoms with van der Waals surface area (Å²) in [5, 5.41) is 0.191. The molecular weight excluding hydrogens is 282 g/mol. The molecule has 0 saturated carbocycles. The minimum atomic E-state index is -2.78. The number of nitrogens with two attached hydrogens (primary N) is 2. The first kappa shape index (κ1) is 14.3. The number of nitrogens with zero attached hydrogens (tertiary/aromatic N) is 2. The van der Waals surface area contributed by atoms with Gasteiger partial charge < -0.3 is 20.8 Å². The average molecular weight is 296 g/mol. The van der Waals surface area contributed by atoms with E-state index in [1.54, 1.807) is 0 Å². The molecule has 1 aromatic heterocycles. The van der Waals surface area contributed by atoms with Gasteiger partial charge in [0.05, 0.1) is 0 Å². The van der Waals surface area contributed by atoms with Crippen LogP contribution in [0.4, 0.5) is 15.9 Å². The Bertz CT molecular complexity index is 702. The van der Waals surface area contributed by atoms with E-state index in [9.17, 15) is 8.96 Å². The molecular formula is C12H14FN4O2P. The molecule has 0 aliphatic rings. The molecule has 1 heterocycles. The molecule has 0 amide bonds. The molecule has 106 valence electrons. The number of anilines is 2. The second kappa shape index (κ2) is 5.09. The van der Waals surface area contributed by atoms with Crippen molar-refractivity contribution in [2.24, 2.45) is 0 Å². The topological polar surface area (TPSA) is 104 Å². The van der Waals surface area contributed by atoms with Gasteiger partial charge >= 0.3 is 0 Å². The van der Waals surface area contributed by atoms with Crippen molar-refractivity contribution in [1.29, 1.82) is 0 Å². The number of nitrogen functional groups attached to an aromatic ring is 2. The molecule has 0 spiro atoms. The lowest BCUT2D eigenvalue weighted by atomic mass is 10.3. The van der Waals surface area contributed by atoms with Crippen molar-refractivity contribution in [1.82, 2.24) is 9.97 Å². The van der Waals surface area contributed by atoms with E-state index in [1.807, 2.05) is 0 Å². The molecule has 0 saturated heterocycles. The fraction of sp³-hybridized carbons (Fsp3) is 0.167. The van der Waals surface area contributed by atoms with Crippen LogP contribution in [0.5, 0.6) is 11.6 Å². The third kappa shape index (κ3) is 2.88. The first-order valence-corrected chi connectivity index (χ1v) is 8.28. The van der Waals surface area contributed by atoms with E-state index < -0.39 is 13.0 Å². The summed E-state index contributed by atoms with van der Waals surface area (Å²) in [7, 11) is -2.78. The van der Waals surface area contributed by atoms with E-state index >= 15 is 0 Å². The molecule has 0 radical (unpaired) electrons. The van der Waals surface area contributed by atoms with Crippen LogP contribution in [0.2, 0.25) is 0 Å². The van der Waals surface area contributed by atoms with Gasteiger partial charge in [0.15, 0.2) is 11.6 Å². The first-order chi connectivity index (χ1) is 9.29. The van der Waals surface area contributed by atoms with Crippen LogP contribution in [0, 0.1) is 5.82 Å². The van der Waals surface area contributed by atoms with E-state index in [0.29, 0.717) is 0 Å². The molecule has 6 nitrogen and oxygen atoms in total. The minimum absolute atomic E-state index is 0.0190. The third-order valence-corrected chi connectivity index (χ3v) is 4.02. The summed E-state index contributed by atoms with van der Waals surface area (Å²) in [5.41, 5.74) is 11.4. The van der Waals surface area contributed by atoms with Gasteiger partial charge in [0, 0.05) is 11.8 Å². The van der Waals surface area contributed by atoms with E-state index in [-0.39, 0.29) is 28.4 Å². The molecule has 0 unspecified atom stereocenters. The number of aromatic nitrogens is 2. The van der Waals surface area contributed by atoms with E-state index in [1.165, 1.54) is 31.8 Å². The fourth-order valence-corrected chi connectivity index (χ4v) is 2.83. The van der Waals surface area contributed by atoms with Crippen LogP contribution in [0.25, 0.3) is 0 Å². The molecule has 2 rings (SSSR count). The zero-order valence-electron chi connectivity index (χ0n) is 11.0. The van der Waals surface area contributed by atoms with E-state index in [2.05, 4.69) is 9.97 Å². The van der Waals surface area contributed by atoms with Crippen molar-refractivity contribution in [3.8, 4) is 11.6 Å². The molecule has 4 N–H and O–H groups in total. The van der Waals surface area contributed by atoms with Gasteiger partial charge in [-0.15, -0.1) is 0 Å². The Kier molecular flexibility index (Phi) is 3.63. The van der Waals surface area contributed by atoms with Crippen LogP contribution in [0.3, 0.4) is 0 Å². The highest BCUT2D eigenvalue weighted by Gasteiger charge is 2.24. The van der Waals surface area contributed by atoms with Gasteiger partial charge in [0.25, 0.3) is 0 Å². The predicted octanol–water partition coefficient (Wildman–Crippen LogP) is 1.82. The van der Waals surface area contributed by atoms with E-state index in [4.69, 9.17) is 16.2 Å². The van der Waals surface area contributed by atoms with Crippen molar-refractivity contribution >= 4 is 24.0 Å². The largest absolute Gasteiger partial charge is 0.435 e. The van der Waals surface area contributed by atoms with Crippen molar-refractivity contribution < 1.29 is 13.7 Å². The zero-order valence-corrected chi connectivity index (χ0v) is 11.9. The van der Waals surface area contributed by atoms with Gasteiger partial charge in [-0.1, -0.05) is 0 Å². The molecule has 2 aromatic rings. The molecule has 0 atom stereocenters. The Morgan fingerprint density at radius 2 is 1.95 bits per heavy atom. The molecule has 0 fully saturated rings. The monoisotopic (exact) mass is 296 g/mol. The van der Waals surface area contributed by atoms with Crippen molar-refractivity contribution in [2.75, 3.05) is 24.8 Å². The van der Waals surface area contributed by atoms with E-state index in [0.717, 1.165) is 6.07 Å². The van der Waals surface area contributed by atoms with Crippen LogP contribution >= 0.6 is 7.14 Å². The van der Waals surface area contributed by atoms with Crippen LogP contribution < -0.4 is 21.5 Å². The molecule has 20 heavy (non-hydrogen) atoms. The summed E-state index contributed by atoms with van der Waals surface area (Å²) >= 11 is 0. The Labute approximate surface area is 115 Å². The summed E-state index contributed by atoms with van der Waals surface area (Å²) in [6.07, 6.45) is 1.17. The second-order valence-corrected chi connectivity index (χ2v) is 7.70. The van der Waals surface area contributed by atoms with Crippen molar-refractivity contribution in [3.63, 3.8) is 0 Å². The Hall–Kier alpha value is -2.14. The smallest absolute Gasteiger partial charge is 0.235 e. The number of ether oxygens (including phenoxy) is 1. The number of hydrogen-bond donors (Lipinski definition) is 2. The van der Waals surface area contributed by atoms with Gasteiger partial charge in [-0.2, -0.15) is 0 Å². The number of benzene rings is 1. The van der Waals surface area contributed by atoms with Gasteiger partial charge in [-0.3, -0.25) is 0 Å². The highest BCUT2D eigenvalue weighted by Crippen LogP contribution is 2.40. The first-order valence-electron chi connectivity index (χ1n) is 5.68. The summed E-state index contributed by atoms with van der Waals surface area (Å²) in [5.74, 6) is -0.684. The lowest BCUT2D eigenvalue weighted by molar-refractivity contribution is 0.430. The minimum Gasteiger partial charge on any atom is -0.435 e. The predicted molar refractivity (Wildman–Crippen MR) is 76.4 cm³/mol. The van der Waals surface area contributed by atoms with Crippen LogP contribution in [0.15, 0.2) is 24.5 Å². The molecule has 0 aliphatic carbocycles. The van der Waals surface area contributed by atoms with Crippen molar-refractivity contribution in [2.45, 2.75) is 0 Å². The van der Waals surface area contributed by atoms with Gasteiger partial charge in [0.1, 0.15) is 24.6 Å². The number of hydrogen-bond acceptors (Lipinski definition) is 6. The van der Waals surface area contributed by atoms with Crippen molar-refractivity contribution in [3.05, 3.63) is 30.3 Å². The SMILES string of the molecule is CP(C)(=O)c1c(N)ncnc1Oc1ccc(N)cc1F.